The third-order valence-electron chi connectivity index (χ3n) is 4.66. The van der Waals surface area contributed by atoms with E-state index in [-0.39, 0.29) is 5.41 Å². The molecule has 1 aliphatic carbocycles. The van der Waals surface area contributed by atoms with E-state index in [9.17, 15) is 9.90 Å². The van der Waals surface area contributed by atoms with Crippen molar-refractivity contribution < 1.29 is 9.90 Å². The number of hydrogen-bond acceptors (Lipinski definition) is 2. The highest BCUT2D eigenvalue weighted by Gasteiger charge is 2.50. The van der Waals surface area contributed by atoms with Crippen molar-refractivity contribution in [3.63, 3.8) is 0 Å². The average molecular weight is 259 g/mol. The fourth-order valence-corrected chi connectivity index (χ4v) is 3.58. The van der Waals surface area contributed by atoms with Gasteiger partial charge in [0, 0.05) is 13.1 Å². The zero-order valence-corrected chi connectivity index (χ0v) is 11.2. The van der Waals surface area contributed by atoms with Crippen LogP contribution in [0.15, 0.2) is 30.3 Å². The number of aliphatic carboxylic acids is 1. The van der Waals surface area contributed by atoms with Gasteiger partial charge in [-0.1, -0.05) is 30.3 Å². The van der Waals surface area contributed by atoms with Crippen molar-refractivity contribution in [2.45, 2.75) is 32.2 Å². The Morgan fingerprint density at radius 1 is 1.32 bits per heavy atom. The van der Waals surface area contributed by atoms with Crippen LogP contribution < -0.4 is 0 Å². The molecule has 1 atom stereocenters. The van der Waals surface area contributed by atoms with E-state index in [1.54, 1.807) is 0 Å². The Hall–Kier alpha value is -1.35. The van der Waals surface area contributed by atoms with Gasteiger partial charge >= 0.3 is 5.97 Å². The summed E-state index contributed by atoms with van der Waals surface area (Å²) >= 11 is 0. The summed E-state index contributed by atoms with van der Waals surface area (Å²) in [5.74, 6) is 0.0258. The maximum atomic E-state index is 11.1. The summed E-state index contributed by atoms with van der Waals surface area (Å²) in [5, 5.41) is 9.17. The largest absolute Gasteiger partial charge is 0.481 e. The van der Waals surface area contributed by atoms with E-state index in [0.29, 0.717) is 12.3 Å². The number of nitrogens with zero attached hydrogens (tertiary/aromatic N) is 1. The summed E-state index contributed by atoms with van der Waals surface area (Å²) in [7, 11) is 0. The average Bonchev–Trinajstić information content (AvgIpc) is 3.16. The summed E-state index contributed by atoms with van der Waals surface area (Å²) in [4.78, 5) is 13.6. The minimum absolute atomic E-state index is 0.0562. The van der Waals surface area contributed by atoms with Gasteiger partial charge in [0.2, 0.25) is 0 Å². The van der Waals surface area contributed by atoms with Gasteiger partial charge in [-0.25, -0.2) is 0 Å². The minimum Gasteiger partial charge on any atom is -0.481 e. The van der Waals surface area contributed by atoms with Crippen molar-refractivity contribution in [2.75, 3.05) is 13.1 Å². The minimum atomic E-state index is -0.631. The molecule has 19 heavy (non-hydrogen) atoms. The molecule has 1 aromatic rings. The van der Waals surface area contributed by atoms with E-state index >= 15 is 0 Å². The van der Waals surface area contributed by atoms with Crippen molar-refractivity contribution >= 4 is 5.97 Å². The third kappa shape index (κ3) is 2.81. The summed E-state index contributed by atoms with van der Waals surface area (Å²) in [6.45, 7) is 2.95. The molecule has 1 aliphatic heterocycles. The summed E-state index contributed by atoms with van der Waals surface area (Å²) in [6.07, 6.45) is 3.86. The molecule has 2 fully saturated rings. The molecule has 0 radical (unpaired) electrons. The highest BCUT2D eigenvalue weighted by Crippen LogP contribution is 2.53. The van der Waals surface area contributed by atoms with Crippen LogP contribution in [0.5, 0.6) is 0 Å². The molecule has 2 aliphatic rings. The van der Waals surface area contributed by atoms with Crippen molar-refractivity contribution in [3.8, 4) is 0 Å². The first kappa shape index (κ1) is 12.7. The molecule has 0 bridgehead atoms. The number of rotatable bonds is 5. The normalized spacial score (nSPS) is 27.6. The summed E-state index contributed by atoms with van der Waals surface area (Å²) in [6, 6.07) is 10.5. The predicted octanol–water partition coefficient (Wildman–Crippen LogP) is 2.76. The molecule has 1 N–H and O–H groups in total. The first-order chi connectivity index (χ1) is 9.18. The molecule has 3 nitrogen and oxygen atoms in total. The van der Waals surface area contributed by atoms with Gasteiger partial charge in [-0.3, -0.25) is 9.69 Å². The summed E-state index contributed by atoms with van der Waals surface area (Å²) < 4.78 is 0. The molecule has 1 unspecified atom stereocenters. The maximum Gasteiger partial charge on any atom is 0.303 e. The van der Waals surface area contributed by atoms with Crippen LogP contribution in [0.3, 0.4) is 0 Å². The van der Waals surface area contributed by atoms with Crippen molar-refractivity contribution in [3.05, 3.63) is 35.9 Å². The van der Waals surface area contributed by atoms with Gasteiger partial charge in [-0.05, 0) is 42.7 Å². The number of carbonyl (C=O) groups is 1. The van der Waals surface area contributed by atoms with E-state index in [1.807, 2.05) is 6.07 Å². The van der Waals surface area contributed by atoms with Crippen LogP contribution in [0.2, 0.25) is 0 Å². The number of hydrogen-bond donors (Lipinski definition) is 1. The highest BCUT2D eigenvalue weighted by molar-refractivity contribution is 5.68. The maximum absolute atomic E-state index is 11.1. The topological polar surface area (TPSA) is 40.5 Å². The van der Waals surface area contributed by atoms with Crippen LogP contribution in [-0.4, -0.2) is 29.1 Å². The van der Waals surface area contributed by atoms with E-state index < -0.39 is 5.97 Å². The predicted molar refractivity (Wildman–Crippen MR) is 73.7 cm³/mol. The van der Waals surface area contributed by atoms with Crippen LogP contribution in [0.1, 0.15) is 31.2 Å². The lowest BCUT2D eigenvalue weighted by Crippen LogP contribution is -2.31. The monoisotopic (exact) mass is 259 g/mol. The standard InChI is InChI=1S/C16H21NO2/c18-15(19)10-16(14-6-7-14)8-9-17(12-16)11-13-4-2-1-3-5-13/h1-5,14H,6-12H2,(H,18,19). The van der Waals surface area contributed by atoms with E-state index in [0.717, 1.165) is 26.1 Å². The van der Waals surface area contributed by atoms with Gasteiger partial charge in [-0.15, -0.1) is 0 Å². The second-order valence-corrected chi connectivity index (χ2v) is 6.15. The van der Waals surface area contributed by atoms with Gasteiger partial charge in [-0.2, -0.15) is 0 Å². The molecule has 0 aromatic heterocycles. The van der Waals surface area contributed by atoms with E-state index in [2.05, 4.69) is 29.2 Å². The molecule has 1 aromatic carbocycles. The fourth-order valence-electron chi connectivity index (χ4n) is 3.58. The first-order valence-corrected chi connectivity index (χ1v) is 7.16. The van der Waals surface area contributed by atoms with Crippen LogP contribution in [0, 0.1) is 11.3 Å². The molecule has 3 heteroatoms. The van der Waals surface area contributed by atoms with Gasteiger partial charge in [0.15, 0.2) is 0 Å². The Morgan fingerprint density at radius 3 is 2.68 bits per heavy atom. The lowest BCUT2D eigenvalue weighted by molar-refractivity contribution is -0.140. The van der Waals surface area contributed by atoms with Crippen molar-refractivity contribution in [1.82, 2.24) is 4.90 Å². The SMILES string of the molecule is O=C(O)CC1(C2CC2)CCN(Cc2ccccc2)C1. The van der Waals surface area contributed by atoms with Crippen LogP contribution >= 0.6 is 0 Å². The van der Waals surface area contributed by atoms with Gasteiger partial charge in [0.25, 0.3) is 0 Å². The Labute approximate surface area is 114 Å². The lowest BCUT2D eigenvalue weighted by atomic mass is 9.78. The molecule has 102 valence electrons. The smallest absolute Gasteiger partial charge is 0.303 e. The number of carboxylic acids is 1. The van der Waals surface area contributed by atoms with Crippen molar-refractivity contribution in [2.24, 2.45) is 11.3 Å². The van der Waals surface area contributed by atoms with Crippen LogP contribution in [-0.2, 0) is 11.3 Å². The van der Waals surface area contributed by atoms with E-state index in [1.165, 1.54) is 18.4 Å². The second kappa shape index (κ2) is 4.97. The second-order valence-electron chi connectivity index (χ2n) is 6.15. The number of carboxylic acid groups (broad SMARTS) is 1. The molecular weight excluding hydrogens is 238 g/mol. The number of benzene rings is 1. The molecule has 1 saturated heterocycles. The Balaban J connectivity index is 1.66. The van der Waals surface area contributed by atoms with Gasteiger partial charge in [0.1, 0.15) is 0 Å². The third-order valence-corrected chi connectivity index (χ3v) is 4.66. The van der Waals surface area contributed by atoms with Crippen LogP contribution in [0.25, 0.3) is 0 Å². The molecule has 1 saturated carbocycles. The van der Waals surface area contributed by atoms with Gasteiger partial charge < -0.3 is 5.11 Å². The van der Waals surface area contributed by atoms with Gasteiger partial charge in [0.05, 0.1) is 6.42 Å². The zero-order chi connectivity index (χ0) is 13.3. The molecule has 0 spiro atoms. The fraction of sp³-hybridized carbons (Fsp3) is 0.562. The summed E-state index contributed by atoms with van der Waals surface area (Å²) in [5.41, 5.74) is 1.38. The number of likely N-dealkylation sites (tertiary alicyclic amines) is 1. The van der Waals surface area contributed by atoms with E-state index in [4.69, 9.17) is 0 Å². The lowest BCUT2D eigenvalue weighted by Gasteiger charge is -2.28. The van der Waals surface area contributed by atoms with Crippen molar-refractivity contribution in [1.29, 1.82) is 0 Å². The Morgan fingerprint density at radius 2 is 2.05 bits per heavy atom. The molecule has 3 rings (SSSR count). The quantitative estimate of drug-likeness (QED) is 0.884. The molecule has 1 heterocycles. The Bertz CT molecular complexity index is 455. The first-order valence-electron chi connectivity index (χ1n) is 7.16. The van der Waals surface area contributed by atoms with Crippen LogP contribution in [0.4, 0.5) is 0 Å². The Kier molecular flexibility index (Phi) is 3.31. The zero-order valence-electron chi connectivity index (χ0n) is 11.2. The highest BCUT2D eigenvalue weighted by atomic mass is 16.4. The molecule has 0 amide bonds. The molecular formula is C16H21NO2.